The number of unbranched alkanes of at least 4 members (excludes halogenated alkanes) is 10. The number of aliphatic hydroxyl groups excluding tert-OH is 3. The van der Waals surface area contributed by atoms with E-state index < -0.39 is 59.8 Å². The molecule has 1 aliphatic rings. The summed E-state index contributed by atoms with van der Waals surface area (Å²) in [5.74, 6) is -0.429. The molecule has 1 aliphatic heterocycles. The van der Waals surface area contributed by atoms with E-state index in [1.165, 1.54) is 0 Å². The van der Waals surface area contributed by atoms with Gasteiger partial charge in [-0.3, -0.25) is 9.35 Å². The highest BCUT2D eigenvalue weighted by atomic mass is 32.3. The number of ether oxygens (including phenoxy) is 4. The van der Waals surface area contributed by atoms with Crippen molar-refractivity contribution in [2.45, 2.75) is 205 Å². The van der Waals surface area contributed by atoms with Gasteiger partial charge < -0.3 is 34.3 Å². The van der Waals surface area contributed by atoms with Gasteiger partial charge in [-0.15, -0.1) is 0 Å². The van der Waals surface area contributed by atoms with Gasteiger partial charge in [0.25, 0.3) is 0 Å². The van der Waals surface area contributed by atoms with Crippen molar-refractivity contribution in [3.63, 3.8) is 0 Å². The summed E-state index contributed by atoms with van der Waals surface area (Å²) in [6.45, 7) is 3.66. The number of hydrogen-bond acceptors (Lipinski definition) is 11. The van der Waals surface area contributed by atoms with Crippen LogP contribution in [0.5, 0.6) is 0 Å². The van der Waals surface area contributed by atoms with Gasteiger partial charge in [-0.25, -0.2) is 4.18 Å². The molecule has 0 bridgehead atoms. The van der Waals surface area contributed by atoms with E-state index in [-0.39, 0.29) is 19.6 Å². The Morgan fingerprint density at radius 2 is 0.917 bits per heavy atom. The molecule has 1 heterocycles. The second-order valence-corrected chi connectivity index (χ2v) is 18.7. The highest BCUT2D eigenvalue weighted by Gasteiger charge is 2.48. The van der Waals surface area contributed by atoms with Crippen LogP contribution in [0.3, 0.4) is 0 Å². The van der Waals surface area contributed by atoms with Gasteiger partial charge in [-0.05, 0) is 109 Å². The van der Waals surface area contributed by atoms with Crippen molar-refractivity contribution in [1.82, 2.24) is 0 Å². The lowest BCUT2D eigenvalue weighted by molar-refractivity contribution is -0.301. The van der Waals surface area contributed by atoms with Crippen molar-refractivity contribution in [1.29, 1.82) is 0 Å². The van der Waals surface area contributed by atoms with Gasteiger partial charge in [0.2, 0.25) is 0 Å². The van der Waals surface area contributed by atoms with Crippen molar-refractivity contribution in [2.24, 2.45) is 0 Å². The summed E-state index contributed by atoms with van der Waals surface area (Å²) in [6.07, 6.45) is 61.9. The lowest BCUT2D eigenvalue weighted by Gasteiger charge is -2.41. The first-order valence-electron chi connectivity index (χ1n) is 26.9. The van der Waals surface area contributed by atoms with Gasteiger partial charge in [-0.2, -0.15) is 8.42 Å². The summed E-state index contributed by atoms with van der Waals surface area (Å²) >= 11 is 0. The number of rotatable bonds is 45. The lowest BCUT2D eigenvalue weighted by Crippen LogP contribution is -2.60. The Labute approximate surface area is 435 Å². The quantitative estimate of drug-likeness (QED) is 0.0197. The molecule has 0 spiro atoms. The third-order valence-electron chi connectivity index (χ3n) is 11.3. The molecule has 0 aliphatic carbocycles. The SMILES string of the molecule is CC/C=C\C/C=C\C/C=C\C/C=C\C/C=C\C/C=C\CCCCCCCCC(=O)OC(COCCCCCC/C=C\C/C=C\C/C=C\C/C=C\C/C=C\CC)COC1OC(CO)C(O)C(OS(=O)(=O)O)C1O. The fourth-order valence-corrected chi connectivity index (χ4v) is 7.80. The first-order valence-corrected chi connectivity index (χ1v) is 28.3. The number of carbonyl (C=O) groups excluding carboxylic acids is 1. The molecule has 0 aromatic heterocycles. The zero-order chi connectivity index (χ0) is 52.4. The predicted octanol–water partition coefficient (Wildman–Crippen LogP) is 13.1. The average molecular weight is 1030 g/mol. The second kappa shape index (κ2) is 48.2. The van der Waals surface area contributed by atoms with Crippen LogP contribution in [-0.4, -0.2) is 97.5 Å². The maximum atomic E-state index is 12.9. The molecule has 6 atom stereocenters. The molecule has 0 radical (unpaired) electrons. The minimum absolute atomic E-state index is 0.00234. The van der Waals surface area contributed by atoms with Crippen LogP contribution in [0.15, 0.2) is 134 Å². The Bertz CT molecular complexity index is 1760. The van der Waals surface area contributed by atoms with Crippen molar-refractivity contribution < 1.29 is 56.2 Å². The zero-order valence-corrected chi connectivity index (χ0v) is 44.7. The first kappa shape index (κ1) is 66.3. The standard InChI is InChI=1S/C59H94O12S/c1-3-5-7-9-11-13-15-17-19-21-23-25-26-27-28-29-30-32-34-36-38-40-42-44-46-48-55(61)69-53(52-68-59-57(63)58(71-72(64,65)66)56(62)54(50-60)70-59)51-67-49-47-45-43-41-39-37-35-33-31-24-22-20-18-16-14-12-10-8-6-4-2/h5-8,11-14,17-20,23-25,27-28,30-32,35,37,53-54,56-60,62-63H,3-4,9-10,15-16,21-22,26,29,33-34,36,38-52H2,1-2H3,(H,64,65,66)/b7-5-,8-6-,13-11-,14-12-,19-17-,20-18-,25-23-,28-27-,31-24-,32-30-,37-35-. The molecule has 4 N–H and O–H groups in total. The highest BCUT2D eigenvalue weighted by molar-refractivity contribution is 7.80. The number of hydrogen-bond donors (Lipinski definition) is 4. The van der Waals surface area contributed by atoms with Crippen LogP contribution in [0.1, 0.15) is 168 Å². The van der Waals surface area contributed by atoms with Gasteiger partial charge in [0.1, 0.15) is 30.5 Å². The van der Waals surface area contributed by atoms with Gasteiger partial charge in [0.05, 0.1) is 19.8 Å². The topological polar surface area (TPSA) is 178 Å². The maximum Gasteiger partial charge on any atom is 0.397 e. The summed E-state index contributed by atoms with van der Waals surface area (Å²) in [7, 11) is -5.08. The molecular weight excluding hydrogens is 933 g/mol. The van der Waals surface area contributed by atoms with E-state index in [2.05, 4.69) is 152 Å². The third kappa shape index (κ3) is 40.7. The molecule has 0 saturated carbocycles. The van der Waals surface area contributed by atoms with Crippen molar-refractivity contribution in [3.05, 3.63) is 134 Å². The van der Waals surface area contributed by atoms with Crippen LogP contribution in [0.25, 0.3) is 0 Å². The number of aliphatic hydroxyl groups is 3. The summed E-state index contributed by atoms with van der Waals surface area (Å²) in [6, 6.07) is 0. The van der Waals surface area contributed by atoms with Crippen LogP contribution in [0.2, 0.25) is 0 Å². The zero-order valence-electron chi connectivity index (χ0n) is 43.9. The van der Waals surface area contributed by atoms with E-state index in [0.717, 1.165) is 141 Å². The fourth-order valence-electron chi connectivity index (χ4n) is 7.29. The van der Waals surface area contributed by atoms with Crippen LogP contribution < -0.4 is 0 Å². The van der Waals surface area contributed by atoms with E-state index in [1.54, 1.807) is 0 Å². The summed E-state index contributed by atoms with van der Waals surface area (Å²) in [5.41, 5.74) is 0. The molecule has 0 aromatic carbocycles. The lowest BCUT2D eigenvalue weighted by atomic mass is 9.99. The molecule has 1 rings (SSSR count). The Kier molecular flexibility index (Phi) is 44.4. The largest absolute Gasteiger partial charge is 0.457 e. The van der Waals surface area contributed by atoms with E-state index in [1.807, 2.05) is 0 Å². The van der Waals surface area contributed by atoms with Gasteiger partial charge in [0, 0.05) is 13.0 Å². The van der Waals surface area contributed by atoms with Gasteiger partial charge in [-0.1, -0.05) is 186 Å². The maximum absolute atomic E-state index is 12.9. The molecule has 0 amide bonds. The smallest absolute Gasteiger partial charge is 0.397 e. The van der Waals surface area contributed by atoms with Crippen LogP contribution in [-0.2, 0) is 38.3 Å². The Balaban J connectivity index is 2.39. The number of carbonyl (C=O) groups is 1. The van der Waals surface area contributed by atoms with E-state index in [9.17, 15) is 33.1 Å². The molecule has 6 unspecified atom stereocenters. The molecule has 12 nitrogen and oxygen atoms in total. The molecule has 408 valence electrons. The molecular formula is C59H94O12S. The third-order valence-corrected chi connectivity index (χ3v) is 11.7. The van der Waals surface area contributed by atoms with Crippen LogP contribution in [0.4, 0.5) is 0 Å². The van der Waals surface area contributed by atoms with Crippen LogP contribution in [0, 0.1) is 0 Å². The molecule has 1 fully saturated rings. The summed E-state index contributed by atoms with van der Waals surface area (Å²) in [5, 5.41) is 30.8. The van der Waals surface area contributed by atoms with Crippen molar-refractivity contribution >= 4 is 16.4 Å². The Hall–Kier alpha value is -3.76. The summed E-state index contributed by atoms with van der Waals surface area (Å²) in [4.78, 5) is 12.9. The Morgan fingerprint density at radius 1 is 0.528 bits per heavy atom. The fraction of sp³-hybridized carbons (Fsp3) is 0.610. The molecule has 1 saturated heterocycles. The van der Waals surface area contributed by atoms with Crippen molar-refractivity contribution in [2.75, 3.05) is 26.4 Å². The molecule has 13 heteroatoms. The van der Waals surface area contributed by atoms with E-state index >= 15 is 0 Å². The predicted molar refractivity (Wildman–Crippen MR) is 294 cm³/mol. The Morgan fingerprint density at radius 3 is 1.33 bits per heavy atom. The normalized spacial score (nSPS) is 20.0. The number of esters is 1. The monoisotopic (exact) mass is 1030 g/mol. The molecule has 0 aromatic rings. The van der Waals surface area contributed by atoms with E-state index in [0.29, 0.717) is 13.0 Å². The first-order chi connectivity index (χ1) is 35.1. The van der Waals surface area contributed by atoms with Crippen molar-refractivity contribution in [3.8, 4) is 0 Å². The average Bonchev–Trinajstić information content (AvgIpc) is 3.36. The highest BCUT2D eigenvalue weighted by Crippen LogP contribution is 2.26. The minimum Gasteiger partial charge on any atom is -0.457 e. The minimum atomic E-state index is -5.08. The van der Waals surface area contributed by atoms with E-state index in [4.69, 9.17) is 18.9 Å². The summed E-state index contributed by atoms with van der Waals surface area (Å²) < 4.78 is 59.3. The molecule has 72 heavy (non-hydrogen) atoms. The van der Waals surface area contributed by atoms with Gasteiger partial charge >= 0.3 is 16.4 Å². The van der Waals surface area contributed by atoms with Crippen LogP contribution >= 0.6 is 0 Å². The number of allylic oxidation sites excluding steroid dienone is 22. The second-order valence-electron chi connectivity index (χ2n) is 17.7. The van der Waals surface area contributed by atoms with Gasteiger partial charge in [0.15, 0.2) is 6.29 Å².